The molecule has 1 N–H and O–H groups in total. The van der Waals surface area contributed by atoms with Gasteiger partial charge in [-0.2, -0.15) is 0 Å². The van der Waals surface area contributed by atoms with E-state index in [-0.39, 0.29) is 5.91 Å². The fraction of sp³-hybridized carbons (Fsp3) is 0.444. The van der Waals surface area contributed by atoms with Gasteiger partial charge in [-0.1, -0.05) is 6.07 Å². The van der Waals surface area contributed by atoms with Crippen LogP contribution in [-0.4, -0.2) is 35.9 Å². The number of aromatic nitrogens is 1. The van der Waals surface area contributed by atoms with Crippen LogP contribution in [0.4, 0.5) is 0 Å². The highest BCUT2D eigenvalue weighted by Crippen LogP contribution is 2.35. The summed E-state index contributed by atoms with van der Waals surface area (Å²) in [6.07, 6.45) is 9.37. The maximum absolute atomic E-state index is 12.1. The maximum atomic E-state index is 12.1. The molecule has 0 saturated carbocycles. The lowest BCUT2D eigenvalue weighted by Gasteiger charge is -2.25. The van der Waals surface area contributed by atoms with Crippen LogP contribution in [0.5, 0.6) is 0 Å². The van der Waals surface area contributed by atoms with E-state index in [1.807, 2.05) is 18.3 Å². The number of nitrogens with one attached hydrogen (secondary N) is 1. The Morgan fingerprint density at radius 3 is 3.13 bits per heavy atom. The Morgan fingerprint density at radius 2 is 2.39 bits per heavy atom. The molecule has 2 atom stereocenters. The summed E-state index contributed by atoms with van der Waals surface area (Å²) in [6.45, 7) is 1.77. The van der Waals surface area contributed by atoms with E-state index in [0.29, 0.717) is 24.9 Å². The van der Waals surface area contributed by atoms with Crippen LogP contribution in [0.1, 0.15) is 30.0 Å². The van der Waals surface area contributed by atoms with Gasteiger partial charge in [0, 0.05) is 31.4 Å². The maximum Gasteiger partial charge on any atom is 0.220 e. The zero-order valence-corrected chi connectivity index (χ0v) is 13.4. The molecule has 5 nitrogen and oxygen atoms in total. The lowest BCUT2D eigenvalue weighted by molar-refractivity contribution is -0.121. The van der Waals surface area contributed by atoms with Crippen molar-refractivity contribution in [3.8, 4) is 0 Å². The van der Waals surface area contributed by atoms with Crippen LogP contribution in [0, 0.1) is 5.92 Å². The van der Waals surface area contributed by atoms with Crippen molar-refractivity contribution in [2.45, 2.75) is 25.3 Å². The van der Waals surface area contributed by atoms with Crippen LogP contribution >= 0.6 is 0 Å². The van der Waals surface area contributed by atoms with Crippen molar-refractivity contribution in [3.63, 3.8) is 0 Å². The summed E-state index contributed by atoms with van der Waals surface area (Å²) in [5.74, 6) is 0.535. The van der Waals surface area contributed by atoms with Crippen molar-refractivity contribution < 1.29 is 9.21 Å². The number of rotatable bonds is 6. The summed E-state index contributed by atoms with van der Waals surface area (Å²) in [6, 6.07) is 6.32. The van der Waals surface area contributed by atoms with Crippen molar-refractivity contribution in [2.24, 2.45) is 5.92 Å². The zero-order chi connectivity index (χ0) is 16.1. The standard InChI is InChI=1S/C18H23N3O2/c1-21-9-6-16(18(21)15-3-2-8-19-11-15)12-20-17(22)5-4-14-7-10-23-13-14/h2-3,7-8,10-11,13,16,18H,4-6,9,12H2,1H3,(H,20,22)/t16-,18-/m0/s1. The number of likely N-dealkylation sites (tertiary alicyclic amines) is 1. The number of hydrogen-bond donors (Lipinski definition) is 1. The minimum Gasteiger partial charge on any atom is -0.472 e. The summed E-state index contributed by atoms with van der Waals surface area (Å²) in [7, 11) is 2.14. The fourth-order valence-corrected chi connectivity index (χ4v) is 3.34. The number of aryl methyl sites for hydroxylation is 1. The van der Waals surface area contributed by atoms with Gasteiger partial charge in [-0.15, -0.1) is 0 Å². The Hall–Kier alpha value is -2.14. The smallest absolute Gasteiger partial charge is 0.220 e. The molecule has 5 heteroatoms. The summed E-state index contributed by atoms with van der Waals surface area (Å²) in [5, 5.41) is 3.09. The quantitative estimate of drug-likeness (QED) is 0.890. The first-order valence-electron chi connectivity index (χ1n) is 8.12. The summed E-state index contributed by atoms with van der Waals surface area (Å²) >= 11 is 0. The average Bonchev–Trinajstić information content (AvgIpc) is 3.21. The van der Waals surface area contributed by atoms with Gasteiger partial charge in [-0.25, -0.2) is 0 Å². The first-order chi connectivity index (χ1) is 11.2. The molecular weight excluding hydrogens is 290 g/mol. The SMILES string of the molecule is CN1CC[C@@H](CNC(=O)CCc2ccoc2)[C@@H]1c1cccnc1. The second kappa shape index (κ2) is 7.42. The number of furan rings is 1. The predicted octanol–water partition coefficient (Wildman–Crippen LogP) is 2.42. The number of amides is 1. The largest absolute Gasteiger partial charge is 0.472 e. The second-order valence-electron chi connectivity index (χ2n) is 6.20. The highest BCUT2D eigenvalue weighted by atomic mass is 16.3. The van der Waals surface area contributed by atoms with Crippen LogP contribution in [0.3, 0.4) is 0 Å². The van der Waals surface area contributed by atoms with E-state index in [1.54, 1.807) is 18.7 Å². The Bertz CT molecular complexity index is 612. The Balaban J connectivity index is 1.51. The van der Waals surface area contributed by atoms with Crippen molar-refractivity contribution in [1.29, 1.82) is 0 Å². The summed E-state index contributed by atoms with van der Waals surface area (Å²) in [5.41, 5.74) is 2.29. The van der Waals surface area contributed by atoms with Gasteiger partial charge in [0.05, 0.1) is 12.5 Å². The van der Waals surface area contributed by atoms with Crippen molar-refractivity contribution in [2.75, 3.05) is 20.1 Å². The van der Waals surface area contributed by atoms with Crippen LogP contribution in [0.15, 0.2) is 47.5 Å². The van der Waals surface area contributed by atoms with Crippen LogP contribution < -0.4 is 5.32 Å². The number of carbonyl (C=O) groups excluding carboxylic acids is 1. The van der Waals surface area contributed by atoms with E-state index in [2.05, 4.69) is 28.3 Å². The number of pyridine rings is 1. The molecule has 0 aromatic carbocycles. The normalized spacial score (nSPS) is 21.4. The van der Waals surface area contributed by atoms with E-state index in [9.17, 15) is 4.79 Å². The first-order valence-corrected chi connectivity index (χ1v) is 8.12. The highest BCUT2D eigenvalue weighted by Gasteiger charge is 2.33. The zero-order valence-electron chi connectivity index (χ0n) is 13.4. The molecule has 0 unspecified atom stereocenters. The lowest BCUT2D eigenvalue weighted by atomic mass is 9.94. The predicted molar refractivity (Wildman–Crippen MR) is 87.8 cm³/mol. The van der Waals surface area contributed by atoms with Gasteiger partial charge in [0.15, 0.2) is 0 Å². The Labute approximate surface area is 136 Å². The molecule has 23 heavy (non-hydrogen) atoms. The van der Waals surface area contributed by atoms with Gasteiger partial charge in [0.1, 0.15) is 0 Å². The topological polar surface area (TPSA) is 58.4 Å². The summed E-state index contributed by atoms with van der Waals surface area (Å²) < 4.78 is 5.02. The van der Waals surface area contributed by atoms with Gasteiger partial charge in [-0.3, -0.25) is 14.7 Å². The highest BCUT2D eigenvalue weighted by molar-refractivity contribution is 5.76. The molecule has 0 aliphatic carbocycles. The molecule has 1 saturated heterocycles. The minimum atomic E-state index is 0.102. The number of nitrogens with zero attached hydrogens (tertiary/aromatic N) is 2. The molecule has 0 spiro atoms. The third-order valence-corrected chi connectivity index (χ3v) is 4.58. The number of hydrogen-bond acceptors (Lipinski definition) is 4. The van der Waals surface area contributed by atoms with Crippen LogP contribution in [-0.2, 0) is 11.2 Å². The first kappa shape index (κ1) is 15.7. The molecule has 3 heterocycles. The van der Waals surface area contributed by atoms with Gasteiger partial charge in [0.2, 0.25) is 5.91 Å². The van der Waals surface area contributed by atoms with E-state index in [4.69, 9.17) is 4.42 Å². The molecule has 0 radical (unpaired) electrons. The molecule has 2 aromatic heterocycles. The monoisotopic (exact) mass is 313 g/mol. The second-order valence-corrected chi connectivity index (χ2v) is 6.20. The molecule has 122 valence electrons. The van der Waals surface area contributed by atoms with Crippen LogP contribution in [0.2, 0.25) is 0 Å². The molecular formula is C18H23N3O2. The minimum absolute atomic E-state index is 0.102. The van der Waals surface area contributed by atoms with Crippen molar-refractivity contribution in [3.05, 3.63) is 54.2 Å². The molecule has 1 fully saturated rings. The third-order valence-electron chi connectivity index (χ3n) is 4.58. The lowest BCUT2D eigenvalue weighted by Crippen LogP contribution is -2.32. The summed E-state index contributed by atoms with van der Waals surface area (Å²) in [4.78, 5) is 18.6. The molecule has 1 aliphatic heterocycles. The average molecular weight is 313 g/mol. The molecule has 1 aliphatic rings. The molecule has 3 rings (SSSR count). The molecule has 2 aromatic rings. The van der Waals surface area contributed by atoms with Gasteiger partial charge in [0.25, 0.3) is 0 Å². The van der Waals surface area contributed by atoms with Crippen molar-refractivity contribution >= 4 is 5.91 Å². The van der Waals surface area contributed by atoms with E-state index in [0.717, 1.165) is 24.9 Å². The van der Waals surface area contributed by atoms with E-state index in [1.165, 1.54) is 5.56 Å². The molecule has 1 amide bonds. The van der Waals surface area contributed by atoms with E-state index >= 15 is 0 Å². The van der Waals surface area contributed by atoms with Gasteiger partial charge < -0.3 is 9.73 Å². The third kappa shape index (κ3) is 3.99. The van der Waals surface area contributed by atoms with Crippen LogP contribution in [0.25, 0.3) is 0 Å². The van der Waals surface area contributed by atoms with Gasteiger partial charge >= 0.3 is 0 Å². The van der Waals surface area contributed by atoms with Crippen molar-refractivity contribution in [1.82, 2.24) is 15.2 Å². The van der Waals surface area contributed by atoms with E-state index < -0.39 is 0 Å². The fourth-order valence-electron chi connectivity index (χ4n) is 3.34. The molecule has 0 bridgehead atoms. The Morgan fingerprint density at radius 1 is 1.48 bits per heavy atom. The Kier molecular flexibility index (Phi) is 5.08. The van der Waals surface area contributed by atoms with Gasteiger partial charge in [-0.05, 0) is 55.6 Å². The number of carbonyl (C=O) groups is 1.